The fourth-order valence-corrected chi connectivity index (χ4v) is 3.99. The van der Waals surface area contributed by atoms with Gasteiger partial charge in [-0.1, -0.05) is 121 Å². The molecule has 5 heteroatoms. The minimum Gasteiger partial charge on any atom is -0.302 e. The summed E-state index contributed by atoms with van der Waals surface area (Å²) in [6.07, 6.45) is 18.0. The summed E-state index contributed by atoms with van der Waals surface area (Å²) in [7, 11) is -3.94. The summed E-state index contributed by atoms with van der Waals surface area (Å²) >= 11 is 0. The molecule has 4 nitrogen and oxygen atoms in total. The van der Waals surface area contributed by atoms with E-state index >= 15 is 0 Å². The Morgan fingerprint density at radius 2 is 1.18 bits per heavy atom. The van der Waals surface area contributed by atoms with E-state index in [1.54, 1.807) is 0 Å². The van der Waals surface area contributed by atoms with Gasteiger partial charge in [0.05, 0.1) is 13.2 Å². The number of phosphoric acid groups is 1. The van der Waals surface area contributed by atoms with Crippen LogP contribution in [-0.2, 0) is 20.2 Å². The molecule has 0 fully saturated rings. The lowest BCUT2D eigenvalue weighted by Crippen LogP contribution is -1.98. The van der Waals surface area contributed by atoms with E-state index in [9.17, 15) is 9.46 Å². The molecule has 0 radical (unpaired) electrons. The van der Waals surface area contributed by atoms with Crippen molar-refractivity contribution in [3.63, 3.8) is 0 Å². The van der Waals surface area contributed by atoms with Gasteiger partial charge in [0.15, 0.2) is 0 Å². The molecule has 1 rings (SSSR count). The highest BCUT2D eigenvalue weighted by Gasteiger charge is 2.20. The number of phosphoric ester groups is 1. The van der Waals surface area contributed by atoms with Crippen molar-refractivity contribution >= 4 is 7.82 Å². The Bertz CT molecular complexity index is 507. The fourth-order valence-electron chi connectivity index (χ4n) is 3.24. The van der Waals surface area contributed by atoms with E-state index in [0.29, 0.717) is 0 Å². The van der Waals surface area contributed by atoms with Crippen molar-refractivity contribution < 1.29 is 18.5 Å². The first-order chi connectivity index (χ1) is 13.6. The molecule has 0 spiro atoms. The standard InChI is InChI=1S/C23H41O4P/c1-2-3-4-5-6-7-8-9-10-11-12-13-14-18-21-26-28(24,25)27-22-23-19-16-15-17-20-23/h15-17,19-20H,2-14,18,21-22H2,1H3,(H,24,25). The van der Waals surface area contributed by atoms with Crippen molar-refractivity contribution in [2.24, 2.45) is 0 Å². The highest BCUT2D eigenvalue weighted by molar-refractivity contribution is 7.47. The van der Waals surface area contributed by atoms with Gasteiger partial charge in [0.25, 0.3) is 0 Å². The van der Waals surface area contributed by atoms with Crippen molar-refractivity contribution in [1.82, 2.24) is 0 Å². The Morgan fingerprint density at radius 1 is 0.714 bits per heavy atom. The van der Waals surface area contributed by atoms with Gasteiger partial charge in [-0.05, 0) is 12.0 Å². The summed E-state index contributed by atoms with van der Waals surface area (Å²) < 4.78 is 21.9. The highest BCUT2D eigenvalue weighted by Crippen LogP contribution is 2.44. The predicted octanol–water partition coefficient (Wildman–Crippen LogP) is 7.80. The summed E-state index contributed by atoms with van der Waals surface area (Å²) in [5.74, 6) is 0. The second kappa shape index (κ2) is 17.2. The molecule has 1 unspecified atom stereocenters. The minimum absolute atomic E-state index is 0.0906. The molecule has 1 aromatic carbocycles. The molecular weight excluding hydrogens is 371 g/mol. The van der Waals surface area contributed by atoms with Gasteiger partial charge in [0.1, 0.15) is 0 Å². The highest BCUT2D eigenvalue weighted by atomic mass is 31.2. The van der Waals surface area contributed by atoms with Crippen molar-refractivity contribution in [3.8, 4) is 0 Å². The zero-order valence-corrected chi connectivity index (χ0v) is 18.7. The third-order valence-electron chi connectivity index (χ3n) is 4.99. The molecule has 162 valence electrons. The van der Waals surface area contributed by atoms with Crippen molar-refractivity contribution in [3.05, 3.63) is 35.9 Å². The molecule has 0 bridgehead atoms. The third-order valence-corrected chi connectivity index (χ3v) is 5.95. The first-order valence-electron chi connectivity index (χ1n) is 11.3. The molecule has 0 heterocycles. The van der Waals surface area contributed by atoms with E-state index in [4.69, 9.17) is 9.05 Å². The molecule has 28 heavy (non-hydrogen) atoms. The lowest BCUT2D eigenvalue weighted by Gasteiger charge is -2.12. The van der Waals surface area contributed by atoms with Gasteiger partial charge >= 0.3 is 7.82 Å². The zero-order valence-electron chi connectivity index (χ0n) is 17.8. The lowest BCUT2D eigenvalue weighted by atomic mass is 10.0. The normalized spacial score (nSPS) is 13.5. The van der Waals surface area contributed by atoms with Crippen LogP contribution in [0, 0.1) is 0 Å². The van der Waals surface area contributed by atoms with Crippen LogP contribution in [0.4, 0.5) is 0 Å². The van der Waals surface area contributed by atoms with Gasteiger partial charge in [0.2, 0.25) is 0 Å². The molecule has 1 atom stereocenters. The van der Waals surface area contributed by atoms with E-state index in [1.165, 1.54) is 77.0 Å². The Hall–Kier alpha value is -0.670. The predicted molar refractivity (Wildman–Crippen MR) is 117 cm³/mol. The smallest absolute Gasteiger partial charge is 0.302 e. The number of benzene rings is 1. The topological polar surface area (TPSA) is 55.8 Å². The molecule has 0 saturated carbocycles. The maximum Gasteiger partial charge on any atom is 0.472 e. The Balaban J connectivity index is 1.85. The van der Waals surface area contributed by atoms with Crippen LogP contribution in [-0.4, -0.2) is 11.5 Å². The maximum atomic E-state index is 11.8. The molecular formula is C23H41O4P. The van der Waals surface area contributed by atoms with Gasteiger partial charge in [0, 0.05) is 0 Å². The van der Waals surface area contributed by atoms with E-state index < -0.39 is 7.82 Å². The van der Waals surface area contributed by atoms with Crippen LogP contribution in [0.3, 0.4) is 0 Å². The van der Waals surface area contributed by atoms with Gasteiger partial charge < -0.3 is 4.89 Å². The van der Waals surface area contributed by atoms with Crippen molar-refractivity contribution in [1.29, 1.82) is 0 Å². The first-order valence-corrected chi connectivity index (χ1v) is 12.8. The monoisotopic (exact) mass is 412 g/mol. The van der Waals surface area contributed by atoms with Crippen LogP contribution in [0.1, 0.15) is 102 Å². The molecule has 0 aliphatic heterocycles. The van der Waals surface area contributed by atoms with Crippen LogP contribution in [0.25, 0.3) is 0 Å². The summed E-state index contributed by atoms with van der Waals surface area (Å²) in [4.78, 5) is 9.69. The zero-order chi connectivity index (χ0) is 20.3. The van der Waals surface area contributed by atoms with Gasteiger partial charge in [-0.15, -0.1) is 0 Å². The van der Waals surface area contributed by atoms with Gasteiger partial charge in [-0.25, -0.2) is 4.57 Å². The average Bonchev–Trinajstić information content (AvgIpc) is 2.70. The molecule has 1 aromatic rings. The minimum atomic E-state index is -3.94. The largest absolute Gasteiger partial charge is 0.472 e. The van der Waals surface area contributed by atoms with Crippen LogP contribution in [0.2, 0.25) is 0 Å². The second-order valence-electron chi connectivity index (χ2n) is 7.66. The Morgan fingerprint density at radius 3 is 1.68 bits per heavy atom. The number of unbranched alkanes of at least 4 members (excludes halogenated alkanes) is 13. The van der Waals surface area contributed by atoms with E-state index in [0.717, 1.165) is 18.4 Å². The maximum absolute atomic E-state index is 11.8. The lowest BCUT2D eigenvalue weighted by molar-refractivity contribution is 0.141. The Labute approximate surface area is 172 Å². The van der Waals surface area contributed by atoms with Crippen molar-refractivity contribution in [2.45, 2.75) is 103 Å². The van der Waals surface area contributed by atoms with Gasteiger partial charge in [-0.2, -0.15) is 0 Å². The quantitative estimate of drug-likeness (QED) is 0.186. The van der Waals surface area contributed by atoms with Crippen LogP contribution in [0.5, 0.6) is 0 Å². The van der Waals surface area contributed by atoms with Crippen molar-refractivity contribution in [2.75, 3.05) is 6.61 Å². The molecule has 1 N–H and O–H groups in total. The van der Waals surface area contributed by atoms with E-state index in [1.807, 2.05) is 30.3 Å². The summed E-state index contributed by atoms with van der Waals surface area (Å²) in [6.45, 7) is 2.63. The SMILES string of the molecule is CCCCCCCCCCCCCCCCOP(=O)(O)OCc1ccccc1. The number of hydrogen-bond donors (Lipinski definition) is 1. The average molecular weight is 413 g/mol. The Kier molecular flexibility index (Phi) is 15.6. The van der Waals surface area contributed by atoms with Gasteiger partial charge in [-0.3, -0.25) is 9.05 Å². The number of rotatable bonds is 19. The van der Waals surface area contributed by atoms with Crippen LogP contribution >= 0.6 is 7.82 Å². The van der Waals surface area contributed by atoms with Crippen LogP contribution < -0.4 is 0 Å². The summed E-state index contributed by atoms with van der Waals surface area (Å²) in [5, 5.41) is 0. The summed E-state index contributed by atoms with van der Waals surface area (Å²) in [5.41, 5.74) is 0.858. The number of hydrogen-bond acceptors (Lipinski definition) is 3. The molecule has 0 saturated heterocycles. The van der Waals surface area contributed by atoms with E-state index in [-0.39, 0.29) is 13.2 Å². The third kappa shape index (κ3) is 15.3. The van der Waals surface area contributed by atoms with E-state index in [2.05, 4.69) is 6.92 Å². The second-order valence-corrected chi connectivity index (χ2v) is 9.11. The molecule has 0 aromatic heterocycles. The fraction of sp³-hybridized carbons (Fsp3) is 0.739. The molecule has 0 aliphatic rings. The molecule has 0 aliphatic carbocycles. The van der Waals surface area contributed by atoms with Crippen LogP contribution in [0.15, 0.2) is 30.3 Å². The molecule has 0 amide bonds. The summed E-state index contributed by atoms with van der Waals surface area (Å²) in [6, 6.07) is 9.35. The first kappa shape index (κ1) is 25.4.